The molecule has 1 aromatic rings. The average Bonchev–Trinajstić information content (AvgIpc) is 2.56. The fraction of sp³-hybridized carbons (Fsp3) is 0.100. The van der Waals surface area contributed by atoms with Crippen molar-refractivity contribution < 1.29 is 4.42 Å². The van der Waals surface area contributed by atoms with Crippen LogP contribution in [0.4, 0.5) is 0 Å². The van der Waals surface area contributed by atoms with Gasteiger partial charge in [0.1, 0.15) is 6.26 Å². The molecule has 62 valence electrons. The largest absolute Gasteiger partial charge is 0.449 e. The molecule has 0 saturated heterocycles. The SMILES string of the molecule is C=C/C=C(\C=C)Cc1ncco1. The van der Waals surface area contributed by atoms with Crippen molar-refractivity contribution in [2.24, 2.45) is 0 Å². The zero-order valence-corrected chi connectivity index (χ0v) is 6.86. The van der Waals surface area contributed by atoms with Crippen molar-refractivity contribution in [3.63, 3.8) is 0 Å². The Morgan fingerprint density at radius 3 is 2.92 bits per heavy atom. The minimum atomic E-state index is 0.669. The number of allylic oxidation sites excluding steroid dienone is 4. The molecule has 2 nitrogen and oxygen atoms in total. The van der Waals surface area contributed by atoms with Gasteiger partial charge in [-0.25, -0.2) is 4.98 Å². The quantitative estimate of drug-likeness (QED) is 0.634. The topological polar surface area (TPSA) is 26.0 Å². The zero-order chi connectivity index (χ0) is 8.81. The molecule has 1 aromatic heterocycles. The van der Waals surface area contributed by atoms with Crippen LogP contribution in [0.25, 0.3) is 0 Å². The number of oxazole rings is 1. The third-order valence-corrected chi connectivity index (χ3v) is 1.43. The van der Waals surface area contributed by atoms with E-state index in [1.807, 2.05) is 6.08 Å². The highest BCUT2D eigenvalue weighted by Crippen LogP contribution is 2.06. The van der Waals surface area contributed by atoms with Gasteiger partial charge < -0.3 is 4.42 Å². The molecule has 1 heterocycles. The summed E-state index contributed by atoms with van der Waals surface area (Å²) in [5, 5.41) is 0. The second-order valence-corrected chi connectivity index (χ2v) is 2.28. The first kappa shape index (κ1) is 8.53. The van der Waals surface area contributed by atoms with Gasteiger partial charge in [0.2, 0.25) is 0 Å². The van der Waals surface area contributed by atoms with Gasteiger partial charge in [-0.05, 0) is 5.57 Å². The summed E-state index contributed by atoms with van der Waals surface area (Å²) < 4.78 is 5.08. The molecule has 0 fully saturated rings. The molecule has 0 N–H and O–H groups in total. The highest BCUT2D eigenvalue weighted by molar-refractivity contribution is 5.23. The number of rotatable bonds is 4. The van der Waals surface area contributed by atoms with Crippen molar-refractivity contribution >= 4 is 0 Å². The lowest BCUT2D eigenvalue weighted by Gasteiger charge is -1.94. The normalized spacial score (nSPS) is 11.2. The summed E-state index contributed by atoms with van der Waals surface area (Å²) in [5.41, 5.74) is 1.05. The summed E-state index contributed by atoms with van der Waals surface area (Å²) in [6.07, 6.45) is 9.24. The molecular weight excluding hydrogens is 150 g/mol. The predicted molar refractivity (Wildman–Crippen MR) is 48.7 cm³/mol. The lowest BCUT2D eigenvalue weighted by Crippen LogP contribution is -1.86. The second-order valence-electron chi connectivity index (χ2n) is 2.28. The van der Waals surface area contributed by atoms with Gasteiger partial charge in [0.25, 0.3) is 0 Å². The summed E-state index contributed by atoms with van der Waals surface area (Å²) >= 11 is 0. The molecule has 0 aliphatic heterocycles. The van der Waals surface area contributed by atoms with Crippen molar-refractivity contribution in [1.82, 2.24) is 4.98 Å². The first-order valence-corrected chi connectivity index (χ1v) is 3.69. The molecule has 1 rings (SSSR count). The molecule has 0 saturated carbocycles. The monoisotopic (exact) mass is 161 g/mol. The van der Waals surface area contributed by atoms with Crippen LogP contribution in [0.2, 0.25) is 0 Å². The lowest BCUT2D eigenvalue weighted by molar-refractivity contribution is 0.507. The fourth-order valence-electron chi connectivity index (χ4n) is 0.865. The van der Waals surface area contributed by atoms with Crippen LogP contribution in [0.15, 0.2) is 53.8 Å². The summed E-state index contributed by atoms with van der Waals surface area (Å²) in [5.74, 6) is 0.697. The Morgan fingerprint density at radius 2 is 2.42 bits per heavy atom. The Labute approximate surface area is 71.9 Å². The molecule has 0 aliphatic rings. The van der Waals surface area contributed by atoms with Gasteiger partial charge >= 0.3 is 0 Å². The Bertz CT molecular complexity index is 283. The van der Waals surface area contributed by atoms with Crippen molar-refractivity contribution in [3.05, 3.63) is 55.3 Å². The average molecular weight is 161 g/mol. The van der Waals surface area contributed by atoms with E-state index < -0.39 is 0 Å². The van der Waals surface area contributed by atoms with Crippen molar-refractivity contribution in [1.29, 1.82) is 0 Å². The van der Waals surface area contributed by atoms with E-state index in [2.05, 4.69) is 18.1 Å². The van der Waals surface area contributed by atoms with E-state index in [-0.39, 0.29) is 0 Å². The van der Waals surface area contributed by atoms with E-state index >= 15 is 0 Å². The predicted octanol–water partition coefficient (Wildman–Crippen LogP) is 2.52. The highest BCUT2D eigenvalue weighted by Gasteiger charge is 1.98. The van der Waals surface area contributed by atoms with Crippen LogP contribution in [0.1, 0.15) is 5.89 Å². The molecule has 2 heteroatoms. The number of nitrogens with zero attached hydrogens (tertiary/aromatic N) is 1. The van der Waals surface area contributed by atoms with Crippen LogP contribution >= 0.6 is 0 Å². The molecule has 0 atom stereocenters. The van der Waals surface area contributed by atoms with Crippen LogP contribution in [0, 0.1) is 0 Å². The van der Waals surface area contributed by atoms with Gasteiger partial charge in [-0.2, -0.15) is 0 Å². The zero-order valence-electron chi connectivity index (χ0n) is 6.86. The Balaban J connectivity index is 2.66. The van der Waals surface area contributed by atoms with Gasteiger partial charge in [-0.15, -0.1) is 0 Å². The lowest BCUT2D eigenvalue weighted by atomic mass is 10.2. The Morgan fingerprint density at radius 1 is 1.58 bits per heavy atom. The van der Waals surface area contributed by atoms with Gasteiger partial charge in [-0.1, -0.05) is 31.4 Å². The highest BCUT2D eigenvalue weighted by atomic mass is 16.3. The maximum absolute atomic E-state index is 5.08. The van der Waals surface area contributed by atoms with Crippen LogP contribution in [-0.4, -0.2) is 4.98 Å². The third-order valence-electron chi connectivity index (χ3n) is 1.43. The maximum Gasteiger partial charge on any atom is 0.198 e. The van der Waals surface area contributed by atoms with Crippen LogP contribution in [-0.2, 0) is 6.42 Å². The smallest absolute Gasteiger partial charge is 0.198 e. The molecule has 0 aliphatic carbocycles. The van der Waals surface area contributed by atoms with Gasteiger partial charge in [0, 0.05) is 6.42 Å². The van der Waals surface area contributed by atoms with Crippen LogP contribution < -0.4 is 0 Å². The standard InChI is InChI=1S/C10H11NO/c1-3-5-9(4-2)8-10-11-6-7-12-10/h3-7H,1-2,8H2/b9-5+. The van der Waals surface area contributed by atoms with E-state index in [0.29, 0.717) is 12.3 Å². The molecule has 0 spiro atoms. The summed E-state index contributed by atoms with van der Waals surface area (Å²) in [6.45, 7) is 7.28. The molecule has 12 heavy (non-hydrogen) atoms. The van der Waals surface area contributed by atoms with Crippen LogP contribution in [0.5, 0.6) is 0 Å². The molecule has 0 unspecified atom stereocenters. The molecule has 0 aromatic carbocycles. The van der Waals surface area contributed by atoms with E-state index in [1.165, 1.54) is 0 Å². The van der Waals surface area contributed by atoms with Crippen LogP contribution in [0.3, 0.4) is 0 Å². The summed E-state index contributed by atoms with van der Waals surface area (Å²) in [6, 6.07) is 0. The summed E-state index contributed by atoms with van der Waals surface area (Å²) in [7, 11) is 0. The first-order chi connectivity index (χ1) is 5.86. The molecular formula is C10H11NO. The van der Waals surface area contributed by atoms with Gasteiger partial charge in [0.15, 0.2) is 5.89 Å². The first-order valence-electron chi connectivity index (χ1n) is 3.69. The number of hydrogen-bond donors (Lipinski definition) is 0. The van der Waals surface area contributed by atoms with Gasteiger partial charge in [-0.3, -0.25) is 0 Å². The van der Waals surface area contributed by atoms with E-state index in [1.54, 1.807) is 24.6 Å². The van der Waals surface area contributed by atoms with Crippen molar-refractivity contribution in [2.45, 2.75) is 6.42 Å². The number of hydrogen-bond acceptors (Lipinski definition) is 2. The Kier molecular flexibility index (Phi) is 3.08. The maximum atomic E-state index is 5.08. The molecule has 0 radical (unpaired) electrons. The van der Waals surface area contributed by atoms with Crippen molar-refractivity contribution in [2.75, 3.05) is 0 Å². The molecule has 0 bridgehead atoms. The van der Waals surface area contributed by atoms with Crippen molar-refractivity contribution in [3.8, 4) is 0 Å². The Hall–Kier alpha value is -1.57. The minimum absolute atomic E-state index is 0.669. The number of aromatic nitrogens is 1. The van der Waals surface area contributed by atoms with E-state index in [9.17, 15) is 0 Å². The second kappa shape index (κ2) is 4.34. The fourth-order valence-corrected chi connectivity index (χ4v) is 0.865. The molecule has 0 amide bonds. The summed E-state index contributed by atoms with van der Waals surface area (Å²) in [4.78, 5) is 4.00. The third kappa shape index (κ3) is 2.23. The van der Waals surface area contributed by atoms with Gasteiger partial charge in [0.05, 0.1) is 6.20 Å². The van der Waals surface area contributed by atoms with E-state index in [4.69, 9.17) is 4.42 Å². The van der Waals surface area contributed by atoms with E-state index in [0.717, 1.165) is 5.57 Å². The minimum Gasteiger partial charge on any atom is -0.449 e.